The van der Waals surface area contributed by atoms with Gasteiger partial charge < -0.3 is 10.6 Å². The van der Waals surface area contributed by atoms with Crippen molar-refractivity contribution >= 4 is 39.1 Å². The summed E-state index contributed by atoms with van der Waals surface area (Å²) < 4.78 is 1.98. The summed E-state index contributed by atoms with van der Waals surface area (Å²) in [5, 5.41) is 9.78. The van der Waals surface area contributed by atoms with Gasteiger partial charge in [-0.05, 0) is 43.7 Å². The lowest BCUT2D eigenvalue weighted by molar-refractivity contribution is -0.117. The van der Waals surface area contributed by atoms with Gasteiger partial charge in [-0.15, -0.1) is 0 Å². The molecular weight excluding hydrogens is 460 g/mol. The van der Waals surface area contributed by atoms with Crippen molar-refractivity contribution in [2.45, 2.75) is 33.7 Å². The Labute approximate surface area is 188 Å². The second kappa shape index (κ2) is 9.70. The zero-order chi connectivity index (χ0) is 22.5. The average Bonchev–Trinajstić information content (AvgIpc) is 2.73. The molecule has 3 rings (SSSR count). The van der Waals surface area contributed by atoms with Gasteiger partial charge in [0.25, 0.3) is 5.56 Å². The molecule has 1 heterocycles. The van der Waals surface area contributed by atoms with Crippen molar-refractivity contribution in [2.75, 3.05) is 10.6 Å². The Balaban J connectivity index is 1.95. The van der Waals surface area contributed by atoms with Crippen molar-refractivity contribution in [3.8, 4) is 11.3 Å². The predicted molar refractivity (Wildman–Crippen MR) is 125 cm³/mol. The van der Waals surface area contributed by atoms with Crippen molar-refractivity contribution < 1.29 is 9.59 Å². The smallest absolute Gasteiger partial charge is 0.291 e. The highest BCUT2D eigenvalue weighted by Crippen LogP contribution is 2.21. The lowest BCUT2D eigenvalue weighted by Gasteiger charge is -2.13. The van der Waals surface area contributed by atoms with E-state index < -0.39 is 11.5 Å². The van der Waals surface area contributed by atoms with Gasteiger partial charge in [0, 0.05) is 22.1 Å². The van der Waals surface area contributed by atoms with Crippen molar-refractivity contribution in [3.63, 3.8) is 0 Å². The minimum Gasteiger partial charge on any atom is -0.324 e. The molecule has 1 aromatic heterocycles. The van der Waals surface area contributed by atoms with Crippen LogP contribution in [-0.4, -0.2) is 21.6 Å². The number of amides is 2. The molecule has 160 valence electrons. The van der Waals surface area contributed by atoms with Gasteiger partial charge in [0.2, 0.25) is 11.8 Å². The summed E-state index contributed by atoms with van der Waals surface area (Å²) in [6.45, 7) is 5.26. The molecule has 2 aromatic carbocycles. The van der Waals surface area contributed by atoms with Crippen molar-refractivity contribution in [3.05, 3.63) is 74.5 Å². The minimum atomic E-state index is -0.541. The molecule has 7 nitrogen and oxygen atoms in total. The first-order valence-corrected chi connectivity index (χ1v) is 10.6. The molecule has 0 saturated heterocycles. The molecule has 0 aliphatic heterocycles. The molecule has 3 aromatic rings. The van der Waals surface area contributed by atoms with Crippen molar-refractivity contribution in [2.24, 2.45) is 0 Å². The number of hydrogen-bond acceptors (Lipinski definition) is 4. The van der Waals surface area contributed by atoms with Gasteiger partial charge >= 0.3 is 0 Å². The number of anilines is 2. The number of nitrogens with one attached hydrogen (secondary N) is 2. The van der Waals surface area contributed by atoms with Gasteiger partial charge in [0.05, 0.1) is 5.69 Å². The van der Waals surface area contributed by atoms with E-state index in [9.17, 15) is 14.4 Å². The third kappa shape index (κ3) is 5.67. The molecular formula is C23H23BrN4O3. The number of carbonyl (C=O) groups is 2. The van der Waals surface area contributed by atoms with Crippen molar-refractivity contribution in [1.82, 2.24) is 9.78 Å². The number of rotatable bonds is 6. The third-order valence-corrected chi connectivity index (χ3v) is 5.17. The van der Waals surface area contributed by atoms with Gasteiger partial charge in [0.15, 0.2) is 0 Å². The molecule has 0 aliphatic carbocycles. The molecule has 2 amide bonds. The molecule has 0 aliphatic rings. The number of halogens is 1. The number of nitrogens with zero attached hydrogens (tertiary/aromatic N) is 2. The van der Waals surface area contributed by atoms with Crippen LogP contribution in [-0.2, 0) is 16.1 Å². The topological polar surface area (TPSA) is 93.1 Å². The highest BCUT2D eigenvalue weighted by molar-refractivity contribution is 9.10. The van der Waals surface area contributed by atoms with Gasteiger partial charge in [-0.25, -0.2) is 4.68 Å². The molecule has 8 heteroatoms. The van der Waals surface area contributed by atoms with Crippen LogP contribution in [0.3, 0.4) is 0 Å². The van der Waals surface area contributed by atoms with Gasteiger partial charge in [-0.1, -0.05) is 52.7 Å². The van der Waals surface area contributed by atoms with E-state index in [0.29, 0.717) is 11.4 Å². The van der Waals surface area contributed by atoms with Crippen LogP contribution < -0.4 is 16.2 Å². The standard InChI is InChI=1S/C23H23BrN4O3/c1-4-21(29)26-20-12-19(16-7-5-14(2)6-8-16)27-28(23(20)31)13-22(30)25-18-10-9-17(24)11-15(18)3/h5-12H,4,13H2,1-3H3,(H,25,30)(H,26,29). The van der Waals surface area contributed by atoms with Gasteiger partial charge in [0.1, 0.15) is 12.2 Å². The van der Waals surface area contributed by atoms with E-state index in [4.69, 9.17) is 0 Å². The van der Waals surface area contributed by atoms with E-state index in [1.807, 2.05) is 50.2 Å². The van der Waals surface area contributed by atoms with Crippen LogP contribution in [0.5, 0.6) is 0 Å². The fourth-order valence-corrected chi connectivity index (χ4v) is 3.41. The third-order valence-electron chi connectivity index (χ3n) is 4.67. The molecule has 0 saturated carbocycles. The molecule has 0 fully saturated rings. The van der Waals surface area contributed by atoms with E-state index in [1.54, 1.807) is 13.0 Å². The first-order valence-electron chi connectivity index (χ1n) is 9.82. The predicted octanol–water partition coefficient (Wildman–Crippen LogP) is 4.28. The van der Waals surface area contributed by atoms with Crippen LogP contribution in [0.1, 0.15) is 24.5 Å². The number of aromatic nitrogens is 2. The first kappa shape index (κ1) is 22.4. The molecule has 2 N–H and O–H groups in total. The highest BCUT2D eigenvalue weighted by atomic mass is 79.9. The highest BCUT2D eigenvalue weighted by Gasteiger charge is 2.15. The maximum absolute atomic E-state index is 12.9. The quantitative estimate of drug-likeness (QED) is 0.548. The lowest BCUT2D eigenvalue weighted by Crippen LogP contribution is -2.32. The summed E-state index contributed by atoms with van der Waals surface area (Å²) >= 11 is 3.39. The van der Waals surface area contributed by atoms with E-state index >= 15 is 0 Å². The number of aryl methyl sites for hydroxylation is 2. The fraction of sp³-hybridized carbons (Fsp3) is 0.217. The Morgan fingerprint density at radius 3 is 2.29 bits per heavy atom. The van der Waals surface area contributed by atoms with Crippen LogP contribution in [0, 0.1) is 13.8 Å². The number of benzene rings is 2. The maximum atomic E-state index is 12.9. The summed E-state index contributed by atoms with van der Waals surface area (Å²) in [5.74, 6) is -0.687. The molecule has 0 spiro atoms. The van der Waals surface area contributed by atoms with Crippen LogP contribution in [0.4, 0.5) is 11.4 Å². The van der Waals surface area contributed by atoms with E-state index in [2.05, 4.69) is 31.7 Å². The molecule has 0 atom stereocenters. The SMILES string of the molecule is CCC(=O)Nc1cc(-c2ccc(C)cc2)nn(CC(=O)Nc2ccc(Br)cc2C)c1=O. The monoisotopic (exact) mass is 482 g/mol. The second-order valence-electron chi connectivity index (χ2n) is 7.18. The van der Waals surface area contributed by atoms with E-state index in [1.165, 1.54) is 6.07 Å². The summed E-state index contributed by atoms with van der Waals surface area (Å²) in [5.41, 5.74) is 3.42. The zero-order valence-electron chi connectivity index (χ0n) is 17.5. The summed E-state index contributed by atoms with van der Waals surface area (Å²) in [4.78, 5) is 37.4. The Kier molecular flexibility index (Phi) is 7.02. The van der Waals surface area contributed by atoms with Crippen LogP contribution >= 0.6 is 15.9 Å². The molecule has 0 radical (unpaired) electrons. The Bertz CT molecular complexity index is 1190. The Hall–Kier alpha value is -3.26. The first-order chi connectivity index (χ1) is 14.8. The summed E-state index contributed by atoms with van der Waals surface area (Å²) in [6, 6.07) is 14.6. The number of carbonyl (C=O) groups excluding carboxylic acids is 2. The van der Waals surface area contributed by atoms with E-state index in [-0.39, 0.29) is 24.6 Å². The largest absolute Gasteiger partial charge is 0.324 e. The van der Waals surface area contributed by atoms with E-state index in [0.717, 1.165) is 25.8 Å². The minimum absolute atomic E-state index is 0.0880. The van der Waals surface area contributed by atoms with Crippen molar-refractivity contribution in [1.29, 1.82) is 0 Å². The van der Waals surface area contributed by atoms with Crippen LogP contribution in [0.15, 0.2) is 57.8 Å². The molecule has 0 unspecified atom stereocenters. The lowest BCUT2D eigenvalue weighted by atomic mass is 10.1. The second-order valence-corrected chi connectivity index (χ2v) is 8.10. The van der Waals surface area contributed by atoms with Crippen LogP contribution in [0.25, 0.3) is 11.3 Å². The number of hydrogen-bond donors (Lipinski definition) is 2. The van der Waals surface area contributed by atoms with Gasteiger partial charge in [-0.2, -0.15) is 5.10 Å². The molecule has 31 heavy (non-hydrogen) atoms. The van der Waals surface area contributed by atoms with Gasteiger partial charge in [-0.3, -0.25) is 14.4 Å². The summed E-state index contributed by atoms with van der Waals surface area (Å²) in [7, 11) is 0. The average molecular weight is 483 g/mol. The normalized spacial score (nSPS) is 10.6. The Morgan fingerprint density at radius 2 is 1.65 bits per heavy atom. The molecule has 0 bridgehead atoms. The maximum Gasteiger partial charge on any atom is 0.291 e. The zero-order valence-corrected chi connectivity index (χ0v) is 19.1. The van der Waals surface area contributed by atoms with Crippen LogP contribution in [0.2, 0.25) is 0 Å². The fourth-order valence-electron chi connectivity index (χ4n) is 2.94. The summed E-state index contributed by atoms with van der Waals surface area (Å²) in [6.07, 6.45) is 0.227. The Morgan fingerprint density at radius 1 is 0.968 bits per heavy atom.